The molecular weight excluding hydrogens is 305 g/mol. The van der Waals surface area contributed by atoms with Crippen LogP contribution in [0.15, 0.2) is 72.8 Å². The first kappa shape index (κ1) is 15.8. The van der Waals surface area contributed by atoms with Crippen molar-refractivity contribution in [2.75, 3.05) is 0 Å². The molecule has 0 fully saturated rings. The van der Waals surface area contributed by atoms with Crippen LogP contribution >= 0.6 is 0 Å². The minimum atomic E-state index is 0. The third kappa shape index (κ3) is 5.10. The summed E-state index contributed by atoms with van der Waals surface area (Å²) < 4.78 is 0. The van der Waals surface area contributed by atoms with E-state index in [2.05, 4.69) is 36.4 Å². The Bertz CT molecular complexity index is 551. The molecule has 2 aromatic carbocycles. The summed E-state index contributed by atoms with van der Waals surface area (Å²) in [6, 6.07) is 20.3. The zero-order chi connectivity index (χ0) is 12.6. The van der Waals surface area contributed by atoms with Gasteiger partial charge in [-0.3, -0.25) is 6.08 Å². The molecule has 0 N–H and O–H groups in total. The van der Waals surface area contributed by atoms with Crippen molar-refractivity contribution in [1.82, 2.24) is 0 Å². The fourth-order valence-electron chi connectivity index (χ4n) is 1.68. The first-order chi connectivity index (χ1) is 8.90. The second-order valence-corrected chi connectivity index (χ2v) is 3.84. The maximum Gasteiger partial charge on any atom is 0 e. The average Bonchev–Trinajstić information content (AvgIpc) is 2.45. The van der Waals surface area contributed by atoms with Crippen molar-refractivity contribution < 1.29 is 32.7 Å². The van der Waals surface area contributed by atoms with E-state index in [1.54, 1.807) is 6.08 Å². The third-order valence-corrected chi connectivity index (χ3v) is 2.53. The van der Waals surface area contributed by atoms with Gasteiger partial charge in [0.25, 0.3) is 0 Å². The van der Waals surface area contributed by atoms with E-state index in [0.29, 0.717) is 0 Å². The minimum absolute atomic E-state index is 0. The van der Waals surface area contributed by atoms with Crippen LogP contribution in [-0.4, -0.2) is 0 Å². The monoisotopic (exact) mass is 319 g/mol. The second-order valence-electron chi connectivity index (χ2n) is 3.84. The van der Waals surface area contributed by atoms with E-state index in [1.807, 2.05) is 36.4 Å². The maximum atomic E-state index is 5.38. The predicted octanol–water partition coefficient (Wildman–Crippen LogP) is 4.57. The average molecular weight is 319 g/mol. The smallest absolute Gasteiger partial charge is 0 e. The first-order valence-corrected chi connectivity index (χ1v) is 5.85. The number of rotatable bonds is 4. The van der Waals surface area contributed by atoms with Crippen molar-refractivity contribution in [3.8, 4) is 0 Å². The molecule has 0 unspecified atom stereocenters. The van der Waals surface area contributed by atoms with E-state index in [9.17, 15) is 0 Å². The van der Waals surface area contributed by atoms with Crippen molar-refractivity contribution in [2.45, 2.75) is 0 Å². The minimum Gasteiger partial charge on any atom is -0.344 e. The van der Waals surface area contributed by atoms with Crippen LogP contribution in [0.2, 0.25) is 0 Å². The summed E-state index contributed by atoms with van der Waals surface area (Å²) in [5, 5.41) is 0. The van der Waals surface area contributed by atoms with Crippen LogP contribution in [-0.2, 0) is 32.7 Å². The summed E-state index contributed by atoms with van der Waals surface area (Å²) in [6.45, 7) is 5.38. The van der Waals surface area contributed by atoms with Crippen LogP contribution in [0.3, 0.4) is 0 Å². The van der Waals surface area contributed by atoms with Crippen LogP contribution in [0.1, 0.15) is 11.1 Å². The molecule has 0 saturated carbocycles. The number of allylic oxidation sites excluding steroid dienone is 4. The topological polar surface area (TPSA) is 0 Å². The molecule has 0 aliphatic carbocycles. The van der Waals surface area contributed by atoms with Gasteiger partial charge >= 0.3 is 0 Å². The summed E-state index contributed by atoms with van der Waals surface area (Å²) >= 11 is 0. The zero-order valence-corrected chi connectivity index (χ0v) is 13.5. The summed E-state index contributed by atoms with van der Waals surface area (Å²) in [5.74, 6) is 0. The van der Waals surface area contributed by atoms with Crippen LogP contribution in [0.5, 0.6) is 0 Å². The summed E-state index contributed by atoms with van der Waals surface area (Å²) in [7, 11) is 0. The molecule has 0 aliphatic rings. The summed E-state index contributed by atoms with van der Waals surface area (Å²) in [4.78, 5) is 0. The Hall–Kier alpha value is -1.24. The Morgan fingerprint density at radius 1 is 0.895 bits per heavy atom. The van der Waals surface area contributed by atoms with Crippen molar-refractivity contribution in [2.24, 2.45) is 0 Å². The Kier molecular flexibility index (Phi) is 7.32. The third-order valence-electron chi connectivity index (χ3n) is 2.53. The van der Waals surface area contributed by atoms with E-state index < -0.39 is 0 Å². The molecule has 1 heteroatoms. The van der Waals surface area contributed by atoms with Gasteiger partial charge in [0.1, 0.15) is 0 Å². The van der Waals surface area contributed by atoms with Gasteiger partial charge in [0.2, 0.25) is 0 Å². The van der Waals surface area contributed by atoms with E-state index in [0.717, 1.165) is 16.7 Å². The summed E-state index contributed by atoms with van der Waals surface area (Å²) in [5.41, 5.74) is 3.29. The molecule has 91 valence electrons. The molecule has 2 aromatic rings. The Balaban J connectivity index is 0.00000180. The van der Waals surface area contributed by atoms with Crippen LogP contribution in [0, 0.1) is 12.7 Å². The van der Waals surface area contributed by atoms with Gasteiger partial charge in [-0.15, -0.1) is 11.6 Å². The fourth-order valence-corrected chi connectivity index (χ4v) is 1.68. The standard InChI is InChI=1S/C18H14.Y/c1-2-3-12-18(17-13-8-5-9-14-17)15-16-10-6-4-7-11-16;/h1-11,13-15H;/q-2;. The molecule has 0 spiro atoms. The molecule has 0 bridgehead atoms. The van der Waals surface area contributed by atoms with Gasteiger partial charge in [0.05, 0.1) is 0 Å². The van der Waals surface area contributed by atoms with E-state index in [4.69, 9.17) is 6.58 Å². The summed E-state index contributed by atoms with van der Waals surface area (Å²) in [6.07, 6.45) is 8.49. The van der Waals surface area contributed by atoms with Gasteiger partial charge in [-0.1, -0.05) is 66.2 Å². The van der Waals surface area contributed by atoms with E-state index >= 15 is 0 Å². The Labute approximate surface area is 140 Å². The molecule has 0 nitrogen and oxygen atoms in total. The van der Waals surface area contributed by atoms with E-state index in [1.165, 1.54) is 6.08 Å². The van der Waals surface area contributed by atoms with Crippen LogP contribution in [0.4, 0.5) is 0 Å². The molecule has 1 radical (unpaired) electrons. The molecule has 19 heavy (non-hydrogen) atoms. The van der Waals surface area contributed by atoms with Gasteiger partial charge in [0, 0.05) is 32.7 Å². The predicted molar refractivity (Wildman–Crippen MR) is 77.4 cm³/mol. The molecule has 0 atom stereocenters. The molecule has 0 aliphatic heterocycles. The largest absolute Gasteiger partial charge is 0.344 e. The van der Waals surface area contributed by atoms with Crippen molar-refractivity contribution in [3.05, 3.63) is 96.6 Å². The van der Waals surface area contributed by atoms with Gasteiger partial charge in [-0.25, -0.2) is 6.08 Å². The zero-order valence-electron chi connectivity index (χ0n) is 10.7. The molecular formula is C18H14Y-2. The van der Waals surface area contributed by atoms with Gasteiger partial charge in [-0.05, 0) is 0 Å². The van der Waals surface area contributed by atoms with Crippen molar-refractivity contribution in [3.63, 3.8) is 0 Å². The van der Waals surface area contributed by atoms with Crippen LogP contribution < -0.4 is 0 Å². The number of hydrogen-bond donors (Lipinski definition) is 0. The number of hydrogen-bond acceptors (Lipinski definition) is 0. The molecule has 2 rings (SSSR count). The van der Waals surface area contributed by atoms with Crippen LogP contribution in [0.25, 0.3) is 11.6 Å². The Morgan fingerprint density at radius 3 is 2.05 bits per heavy atom. The quantitative estimate of drug-likeness (QED) is 0.440. The molecule has 0 amide bonds. The SMILES string of the molecule is [CH-]=CC=[C-]C(=Cc1ccccc1)c1ccccc1.[Y]. The van der Waals surface area contributed by atoms with Crippen molar-refractivity contribution >= 4 is 11.6 Å². The molecule has 0 aromatic heterocycles. The fraction of sp³-hybridized carbons (Fsp3) is 0. The van der Waals surface area contributed by atoms with Gasteiger partial charge in [0.15, 0.2) is 0 Å². The van der Waals surface area contributed by atoms with Gasteiger partial charge in [-0.2, -0.15) is 5.57 Å². The molecule has 0 heterocycles. The first-order valence-electron chi connectivity index (χ1n) is 5.85. The number of benzene rings is 2. The van der Waals surface area contributed by atoms with E-state index in [-0.39, 0.29) is 32.7 Å². The maximum absolute atomic E-state index is 5.38. The normalized spacial score (nSPS) is 11.1. The second kappa shape index (κ2) is 8.79. The molecule has 0 saturated heterocycles. The van der Waals surface area contributed by atoms with Gasteiger partial charge < -0.3 is 12.7 Å². The Morgan fingerprint density at radius 2 is 1.47 bits per heavy atom. The van der Waals surface area contributed by atoms with Crippen molar-refractivity contribution in [1.29, 1.82) is 0 Å².